The minimum atomic E-state index is -3.76. The van der Waals surface area contributed by atoms with Gasteiger partial charge in [0.1, 0.15) is 5.82 Å². The van der Waals surface area contributed by atoms with Gasteiger partial charge in [-0.05, 0) is 18.1 Å². The van der Waals surface area contributed by atoms with Gasteiger partial charge in [0.2, 0.25) is 0 Å². The molecular weight excluding hydrogens is 282 g/mol. The van der Waals surface area contributed by atoms with Crippen LogP contribution in [0.5, 0.6) is 0 Å². The topological polar surface area (TPSA) is 87.2 Å². The van der Waals surface area contributed by atoms with Crippen molar-refractivity contribution < 1.29 is 12.8 Å². The highest BCUT2D eigenvalue weighted by Gasteiger charge is 2.37. The van der Waals surface area contributed by atoms with E-state index in [4.69, 9.17) is 9.56 Å². The first-order valence-electron chi connectivity index (χ1n) is 6.03. The lowest BCUT2D eigenvalue weighted by atomic mass is 10.2. The van der Waals surface area contributed by atoms with Crippen molar-refractivity contribution in [2.24, 2.45) is 12.2 Å². The summed E-state index contributed by atoms with van der Waals surface area (Å²) in [6.07, 6.45) is 1.40. The Morgan fingerprint density at radius 2 is 1.95 bits per heavy atom. The molecule has 6 nitrogen and oxygen atoms in total. The van der Waals surface area contributed by atoms with Crippen molar-refractivity contribution in [3.63, 3.8) is 0 Å². The molecule has 0 amide bonds. The van der Waals surface area contributed by atoms with Crippen LogP contribution >= 0.6 is 0 Å². The molecule has 110 valence electrons. The van der Waals surface area contributed by atoms with Crippen LogP contribution in [0.2, 0.25) is 18.1 Å². The molecule has 0 unspecified atom stereocenters. The van der Waals surface area contributed by atoms with Gasteiger partial charge in [-0.2, -0.15) is 0 Å². The molecule has 0 fully saturated rings. The number of hydrogen-bond acceptors (Lipinski definition) is 4. The van der Waals surface area contributed by atoms with Gasteiger partial charge in [0.25, 0.3) is 10.0 Å². The summed E-state index contributed by atoms with van der Waals surface area (Å²) in [5.74, 6) is 0.564. The van der Waals surface area contributed by atoms with Crippen LogP contribution in [0.3, 0.4) is 0 Å². The van der Waals surface area contributed by atoms with E-state index in [0.29, 0.717) is 12.4 Å². The molecule has 1 rings (SSSR count). The fraction of sp³-hybridized carbons (Fsp3) is 0.727. The lowest BCUT2D eigenvalue weighted by Crippen LogP contribution is -2.40. The minimum Gasteiger partial charge on any atom is -0.409 e. The molecule has 19 heavy (non-hydrogen) atoms. The molecule has 0 bridgehead atoms. The van der Waals surface area contributed by atoms with Gasteiger partial charge in [-0.3, -0.25) is 0 Å². The van der Waals surface area contributed by atoms with Gasteiger partial charge >= 0.3 is 0 Å². The zero-order chi connectivity index (χ0) is 15.1. The van der Waals surface area contributed by atoms with Gasteiger partial charge in [0.05, 0.1) is 6.61 Å². The van der Waals surface area contributed by atoms with E-state index < -0.39 is 18.3 Å². The van der Waals surface area contributed by atoms with Crippen LogP contribution < -0.4 is 5.14 Å². The highest BCUT2D eigenvalue weighted by molar-refractivity contribution is 7.89. The number of hydrogen-bond donors (Lipinski definition) is 1. The van der Waals surface area contributed by atoms with E-state index in [1.165, 1.54) is 6.20 Å². The Hall–Kier alpha value is -0.703. The zero-order valence-electron chi connectivity index (χ0n) is 12.4. The summed E-state index contributed by atoms with van der Waals surface area (Å²) >= 11 is 0. The standard InChI is InChI=1S/C11H23N3O3SSi/c1-11(2,3)19(5,6)17-8-9-13-10(7-14(9)4)18(12,15)16/h7H,8H2,1-6H3,(H2,12,15,16). The fourth-order valence-electron chi connectivity index (χ4n) is 1.21. The van der Waals surface area contributed by atoms with Crippen molar-refractivity contribution in [1.82, 2.24) is 9.55 Å². The minimum absolute atomic E-state index is 0.0982. The van der Waals surface area contributed by atoms with Crippen LogP contribution in [0.25, 0.3) is 0 Å². The molecule has 0 aliphatic carbocycles. The van der Waals surface area contributed by atoms with E-state index in [2.05, 4.69) is 38.8 Å². The van der Waals surface area contributed by atoms with E-state index in [-0.39, 0.29) is 10.1 Å². The third-order valence-electron chi connectivity index (χ3n) is 3.61. The molecule has 0 saturated carbocycles. The molecule has 0 radical (unpaired) electrons. The van der Waals surface area contributed by atoms with E-state index >= 15 is 0 Å². The fourth-order valence-corrected chi connectivity index (χ4v) is 2.67. The van der Waals surface area contributed by atoms with E-state index in [9.17, 15) is 8.42 Å². The molecule has 1 aromatic heterocycles. The predicted octanol–water partition coefficient (Wildman–Crippen LogP) is 1.59. The molecule has 0 saturated heterocycles. The maximum Gasteiger partial charge on any atom is 0.257 e. The number of rotatable bonds is 4. The van der Waals surface area contributed by atoms with Gasteiger partial charge in [-0.1, -0.05) is 20.8 Å². The summed E-state index contributed by atoms with van der Waals surface area (Å²) in [7, 11) is -3.92. The van der Waals surface area contributed by atoms with Gasteiger partial charge in [-0.15, -0.1) is 0 Å². The average molecular weight is 305 g/mol. The Bertz CT molecular complexity index is 558. The monoisotopic (exact) mass is 305 g/mol. The van der Waals surface area contributed by atoms with Crippen LogP contribution in [0.1, 0.15) is 26.6 Å². The highest BCUT2D eigenvalue weighted by Crippen LogP contribution is 2.36. The van der Waals surface area contributed by atoms with Crippen LogP contribution in [0, 0.1) is 0 Å². The van der Waals surface area contributed by atoms with E-state index in [1.54, 1.807) is 11.6 Å². The molecule has 8 heteroatoms. The summed E-state index contributed by atoms with van der Waals surface area (Å²) in [4.78, 5) is 4.01. The molecular formula is C11H23N3O3SSi. The Morgan fingerprint density at radius 1 is 1.42 bits per heavy atom. The van der Waals surface area contributed by atoms with Crippen LogP contribution in [0.15, 0.2) is 11.2 Å². The molecule has 1 heterocycles. The first kappa shape index (κ1) is 16.4. The van der Waals surface area contributed by atoms with Crippen molar-refractivity contribution >= 4 is 18.3 Å². The summed E-state index contributed by atoms with van der Waals surface area (Å²) in [5, 5.41) is 5.03. The zero-order valence-corrected chi connectivity index (χ0v) is 14.2. The summed E-state index contributed by atoms with van der Waals surface area (Å²) < 4.78 is 30.1. The van der Waals surface area contributed by atoms with Crippen molar-refractivity contribution in [3.8, 4) is 0 Å². The van der Waals surface area contributed by atoms with Crippen LogP contribution in [0.4, 0.5) is 0 Å². The molecule has 0 aromatic carbocycles. The van der Waals surface area contributed by atoms with Crippen LogP contribution in [-0.4, -0.2) is 26.3 Å². The lowest BCUT2D eigenvalue weighted by molar-refractivity contribution is 0.263. The maximum atomic E-state index is 11.2. The van der Waals surface area contributed by atoms with Gasteiger partial charge < -0.3 is 8.99 Å². The van der Waals surface area contributed by atoms with Gasteiger partial charge in [-0.25, -0.2) is 18.5 Å². The number of primary sulfonamides is 1. The molecule has 1 aromatic rings. The van der Waals surface area contributed by atoms with Crippen molar-refractivity contribution in [2.45, 2.75) is 50.5 Å². The molecule has 0 aliphatic rings. The normalized spacial score (nSPS) is 13.8. The van der Waals surface area contributed by atoms with Gasteiger partial charge in [0, 0.05) is 13.2 Å². The first-order valence-corrected chi connectivity index (χ1v) is 10.5. The van der Waals surface area contributed by atoms with Crippen molar-refractivity contribution in [2.75, 3.05) is 0 Å². The summed E-state index contributed by atoms with van der Waals surface area (Å²) in [6.45, 7) is 11.0. The highest BCUT2D eigenvalue weighted by atomic mass is 32.2. The molecule has 0 atom stereocenters. The summed E-state index contributed by atoms with van der Waals surface area (Å²) in [6, 6.07) is 0. The molecule has 0 aliphatic heterocycles. The Labute approximate surface area is 116 Å². The molecule has 2 N–H and O–H groups in total. The number of sulfonamides is 1. The third-order valence-corrected chi connectivity index (χ3v) is 8.87. The van der Waals surface area contributed by atoms with Gasteiger partial charge in [0.15, 0.2) is 13.3 Å². The largest absolute Gasteiger partial charge is 0.409 e. The van der Waals surface area contributed by atoms with Crippen LogP contribution in [-0.2, 0) is 28.1 Å². The maximum absolute atomic E-state index is 11.2. The molecule has 0 spiro atoms. The number of nitrogens with two attached hydrogens (primary N) is 1. The smallest absolute Gasteiger partial charge is 0.257 e. The second-order valence-electron chi connectivity index (χ2n) is 6.20. The Balaban J connectivity index is 2.89. The number of imidazole rings is 1. The van der Waals surface area contributed by atoms with E-state index in [0.717, 1.165) is 0 Å². The summed E-state index contributed by atoms with van der Waals surface area (Å²) in [5.41, 5.74) is 0. The van der Waals surface area contributed by atoms with Crippen molar-refractivity contribution in [1.29, 1.82) is 0 Å². The first-order chi connectivity index (χ1) is 8.34. The second-order valence-corrected chi connectivity index (χ2v) is 12.5. The Kier molecular flexibility index (Phi) is 4.31. The SMILES string of the molecule is Cn1cc(S(N)(=O)=O)nc1CO[Si](C)(C)C(C)(C)C. The quantitative estimate of drug-likeness (QED) is 0.856. The predicted molar refractivity (Wildman–Crippen MR) is 76.6 cm³/mol. The average Bonchev–Trinajstić information content (AvgIpc) is 2.55. The van der Waals surface area contributed by atoms with Crippen molar-refractivity contribution in [3.05, 3.63) is 12.0 Å². The lowest BCUT2D eigenvalue weighted by Gasteiger charge is -2.35. The number of nitrogens with zero attached hydrogens (tertiary/aromatic N) is 2. The number of aryl methyl sites for hydroxylation is 1. The second kappa shape index (κ2) is 5.00. The Morgan fingerprint density at radius 3 is 2.32 bits per heavy atom. The van der Waals surface area contributed by atoms with E-state index in [1.807, 2.05) is 0 Å². The third kappa shape index (κ3) is 3.88. The number of aromatic nitrogens is 2.